The molecule has 0 aromatic carbocycles. The van der Waals surface area contributed by atoms with Crippen LogP contribution in [0.4, 0.5) is 0 Å². The number of amides is 1. The van der Waals surface area contributed by atoms with E-state index in [1.165, 1.54) is 38.5 Å². The lowest BCUT2D eigenvalue weighted by molar-refractivity contribution is -0.119. The quantitative estimate of drug-likeness (QED) is 0.817. The summed E-state index contributed by atoms with van der Waals surface area (Å²) in [6, 6.07) is 0.953. The second kappa shape index (κ2) is 4.21. The largest absolute Gasteiger partial charge is 0.354 e. The maximum absolute atomic E-state index is 11.3. The van der Waals surface area contributed by atoms with Crippen LogP contribution in [0.2, 0.25) is 0 Å². The van der Waals surface area contributed by atoms with Gasteiger partial charge in [0.1, 0.15) is 0 Å². The van der Waals surface area contributed by atoms with Crippen molar-refractivity contribution in [2.24, 2.45) is 23.2 Å². The van der Waals surface area contributed by atoms with Crippen LogP contribution >= 0.6 is 0 Å². The molecule has 0 radical (unpaired) electrons. The Morgan fingerprint density at radius 1 is 1.16 bits per heavy atom. The highest BCUT2D eigenvalue weighted by atomic mass is 16.1. The Bertz CT molecular complexity index is 357. The maximum atomic E-state index is 11.3. The second-order valence-corrected chi connectivity index (χ2v) is 7.87. The number of rotatable bonds is 3. The van der Waals surface area contributed by atoms with Crippen molar-refractivity contribution >= 4 is 5.91 Å². The molecule has 4 aliphatic carbocycles. The predicted octanol–water partition coefficient (Wildman–Crippen LogP) is 2.07. The van der Waals surface area contributed by atoms with Crippen LogP contribution in [0.3, 0.4) is 0 Å². The van der Waals surface area contributed by atoms with Gasteiger partial charge in [0.2, 0.25) is 5.91 Å². The first-order valence-electron chi connectivity index (χ1n) is 8.16. The molecule has 5 rings (SSSR count). The normalized spacial score (nSPS) is 49.4. The first-order chi connectivity index (χ1) is 9.13. The lowest BCUT2D eigenvalue weighted by Crippen LogP contribution is -2.56. The fourth-order valence-corrected chi connectivity index (χ4v) is 5.96. The van der Waals surface area contributed by atoms with Gasteiger partial charge < -0.3 is 10.6 Å². The number of carbonyl (C=O) groups is 1. The first-order valence-corrected chi connectivity index (χ1v) is 8.16. The molecule has 1 saturated heterocycles. The minimum absolute atomic E-state index is 0.218. The third-order valence-corrected chi connectivity index (χ3v) is 6.47. The summed E-state index contributed by atoms with van der Waals surface area (Å²) in [7, 11) is 0. The summed E-state index contributed by atoms with van der Waals surface area (Å²) < 4.78 is 0. The van der Waals surface area contributed by atoms with Gasteiger partial charge >= 0.3 is 0 Å². The zero-order valence-corrected chi connectivity index (χ0v) is 12.0. The third kappa shape index (κ3) is 2.01. The summed E-state index contributed by atoms with van der Waals surface area (Å²) in [5.41, 5.74) is 0.556. The van der Waals surface area contributed by atoms with Gasteiger partial charge in [-0.25, -0.2) is 0 Å². The van der Waals surface area contributed by atoms with Crippen molar-refractivity contribution in [2.45, 2.75) is 64.0 Å². The molecule has 5 fully saturated rings. The average Bonchev–Trinajstić information content (AvgIpc) is 2.73. The highest BCUT2D eigenvalue weighted by Crippen LogP contribution is 2.61. The topological polar surface area (TPSA) is 41.1 Å². The van der Waals surface area contributed by atoms with Gasteiger partial charge in [-0.05, 0) is 68.6 Å². The van der Waals surface area contributed by atoms with Crippen LogP contribution in [-0.4, -0.2) is 24.5 Å². The summed E-state index contributed by atoms with van der Waals surface area (Å²) in [5.74, 6) is 3.26. The Morgan fingerprint density at radius 3 is 2.21 bits per heavy atom. The van der Waals surface area contributed by atoms with E-state index >= 15 is 0 Å². The van der Waals surface area contributed by atoms with Gasteiger partial charge in [-0.2, -0.15) is 0 Å². The molecule has 1 aliphatic heterocycles. The summed E-state index contributed by atoms with van der Waals surface area (Å²) >= 11 is 0. The minimum Gasteiger partial charge on any atom is -0.354 e. The van der Waals surface area contributed by atoms with Crippen molar-refractivity contribution in [3.05, 3.63) is 0 Å². The zero-order valence-electron chi connectivity index (χ0n) is 12.0. The molecule has 5 aliphatic rings. The van der Waals surface area contributed by atoms with E-state index in [0.29, 0.717) is 23.9 Å². The summed E-state index contributed by atoms with van der Waals surface area (Å²) in [4.78, 5) is 11.3. The van der Waals surface area contributed by atoms with E-state index in [0.717, 1.165) is 24.3 Å². The molecule has 2 N–H and O–H groups in total. The molecule has 0 spiro atoms. The van der Waals surface area contributed by atoms with Crippen LogP contribution in [0, 0.1) is 23.2 Å². The molecule has 4 bridgehead atoms. The fraction of sp³-hybridized carbons (Fsp3) is 0.938. The highest BCUT2D eigenvalue weighted by Gasteiger charge is 2.53. The number of nitrogens with one attached hydrogen (secondary N) is 2. The van der Waals surface area contributed by atoms with E-state index in [4.69, 9.17) is 0 Å². The molecule has 1 amide bonds. The SMILES string of the molecule is CC(NC1CNC(=O)C1)C12CC3CC(CC(C3)C1)C2. The lowest BCUT2D eigenvalue weighted by atomic mass is 9.48. The van der Waals surface area contributed by atoms with Crippen LogP contribution in [0.1, 0.15) is 51.9 Å². The molecule has 19 heavy (non-hydrogen) atoms. The van der Waals surface area contributed by atoms with Gasteiger partial charge in [-0.1, -0.05) is 0 Å². The van der Waals surface area contributed by atoms with Crippen LogP contribution in [0.15, 0.2) is 0 Å². The van der Waals surface area contributed by atoms with Gasteiger partial charge in [0.25, 0.3) is 0 Å². The molecule has 0 aromatic heterocycles. The molecule has 1 heterocycles. The van der Waals surface area contributed by atoms with Crippen LogP contribution in [0.5, 0.6) is 0 Å². The molecule has 3 nitrogen and oxygen atoms in total. The van der Waals surface area contributed by atoms with Crippen molar-refractivity contribution in [1.29, 1.82) is 0 Å². The van der Waals surface area contributed by atoms with Gasteiger partial charge in [0, 0.05) is 25.0 Å². The fourth-order valence-electron chi connectivity index (χ4n) is 5.96. The molecule has 3 heteroatoms. The Hall–Kier alpha value is -0.570. The Morgan fingerprint density at radius 2 is 1.74 bits per heavy atom. The van der Waals surface area contributed by atoms with Gasteiger partial charge in [0.15, 0.2) is 0 Å². The monoisotopic (exact) mass is 262 g/mol. The Labute approximate surface area is 115 Å². The van der Waals surface area contributed by atoms with E-state index in [9.17, 15) is 4.79 Å². The molecule has 2 atom stereocenters. The zero-order chi connectivity index (χ0) is 13.0. The molecular weight excluding hydrogens is 236 g/mol. The first kappa shape index (κ1) is 12.2. The van der Waals surface area contributed by atoms with E-state index in [1.54, 1.807) is 0 Å². The van der Waals surface area contributed by atoms with E-state index in [1.807, 2.05) is 0 Å². The van der Waals surface area contributed by atoms with E-state index in [-0.39, 0.29) is 5.91 Å². The smallest absolute Gasteiger partial charge is 0.221 e. The molecule has 2 unspecified atom stereocenters. The maximum Gasteiger partial charge on any atom is 0.221 e. The van der Waals surface area contributed by atoms with Crippen molar-refractivity contribution < 1.29 is 4.79 Å². The van der Waals surface area contributed by atoms with E-state index < -0.39 is 0 Å². The standard InChI is InChI=1S/C16H26N2O/c1-10(18-14-5-15(19)17-9-14)16-6-11-2-12(7-16)4-13(3-11)8-16/h10-14,18H,2-9H2,1H3,(H,17,19). The molecular formula is C16H26N2O. The number of hydrogen-bond acceptors (Lipinski definition) is 2. The Kier molecular flexibility index (Phi) is 2.70. The van der Waals surface area contributed by atoms with Crippen molar-refractivity contribution in [3.63, 3.8) is 0 Å². The summed E-state index contributed by atoms with van der Waals surface area (Å²) in [6.07, 6.45) is 9.54. The van der Waals surface area contributed by atoms with Gasteiger partial charge in [0.05, 0.1) is 0 Å². The van der Waals surface area contributed by atoms with Crippen molar-refractivity contribution in [3.8, 4) is 0 Å². The average molecular weight is 262 g/mol. The predicted molar refractivity (Wildman–Crippen MR) is 74.6 cm³/mol. The van der Waals surface area contributed by atoms with Gasteiger partial charge in [-0.3, -0.25) is 4.79 Å². The highest BCUT2D eigenvalue weighted by molar-refractivity contribution is 5.78. The van der Waals surface area contributed by atoms with Crippen LogP contribution < -0.4 is 10.6 Å². The van der Waals surface area contributed by atoms with Crippen molar-refractivity contribution in [2.75, 3.05) is 6.54 Å². The lowest BCUT2D eigenvalue weighted by Gasteiger charge is -2.59. The molecule has 0 aromatic rings. The summed E-state index contributed by atoms with van der Waals surface area (Å²) in [5, 5.41) is 6.73. The van der Waals surface area contributed by atoms with Crippen LogP contribution in [-0.2, 0) is 4.79 Å². The third-order valence-electron chi connectivity index (χ3n) is 6.47. The van der Waals surface area contributed by atoms with Gasteiger partial charge in [-0.15, -0.1) is 0 Å². The minimum atomic E-state index is 0.218. The summed E-state index contributed by atoms with van der Waals surface area (Å²) in [6.45, 7) is 3.21. The second-order valence-electron chi connectivity index (χ2n) is 7.87. The molecule has 4 saturated carbocycles. The van der Waals surface area contributed by atoms with Crippen molar-refractivity contribution in [1.82, 2.24) is 10.6 Å². The molecule has 106 valence electrons. The Balaban J connectivity index is 1.47. The number of carbonyl (C=O) groups excluding carboxylic acids is 1. The van der Waals surface area contributed by atoms with Crippen LogP contribution in [0.25, 0.3) is 0 Å². The number of hydrogen-bond donors (Lipinski definition) is 2. The van der Waals surface area contributed by atoms with E-state index in [2.05, 4.69) is 17.6 Å².